The van der Waals surface area contributed by atoms with Crippen molar-refractivity contribution in [2.45, 2.75) is 66.1 Å². The summed E-state index contributed by atoms with van der Waals surface area (Å²) in [6.45, 7) is 12.3. The van der Waals surface area contributed by atoms with Crippen molar-refractivity contribution >= 4 is 12.6 Å². The second kappa shape index (κ2) is 6.94. The van der Waals surface area contributed by atoms with Gasteiger partial charge >= 0.3 is 0 Å². The van der Waals surface area contributed by atoms with Crippen molar-refractivity contribution in [2.24, 2.45) is 5.92 Å². The summed E-state index contributed by atoms with van der Waals surface area (Å²) in [4.78, 5) is 20.7. The molecule has 0 amide bonds. The van der Waals surface area contributed by atoms with Crippen LogP contribution in [-0.2, 0) is 4.74 Å². The third kappa shape index (κ3) is 4.75. The Morgan fingerprint density at radius 1 is 1.18 bits per heavy atom. The standard InChI is InChI=1S/C13H29O3P/c1-7-12(8-2)17(14,15)13(5,6)16-10-9-11(3)4/h11,14-15H,7-10H2,1-6H3. The molecule has 0 aliphatic rings. The van der Waals surface area contributed by atoms with Gasteiger partial charge in [0.25, 0.3) is 0 Å². The predicted molar refractivity (Wildman–Crippen MR) is 76.4 cm³/mol. The fourth-order valence-corrected chi connectivity index (χ4v) is 3.62. The molecule has 0 radical (unpaired) electrons. The quantitative estimate of drug-likeness (QED) is 0.691. The lowest BCUT2D eigenvalue weighted by Crippen LogP contribution is -2.28. The molecule has 0 aromatic carbocycles. The zero-order valence-corrected chi connectivity index (χ0v) is 13.1. The van der Waals surface area contributed by atoms with Crippen LogP contribution in [-0.4, -0.2) is 27.0 Å². The van der Waals surface area contributed by atoms with Crippen molar-refractivity contribution in [2.75, 3.05) is 6.61 Å². The van der Waals surface area contributed by atoms with Crippen LogP contribution in [0.4, 0.5) is 0 Å². The lowest BCUT2D eigenvalue weighted by atomic mass is 10.1. The Kier molecular flexibility index (Phi) is 7.01. The summed E-state index contributed by atoms with van der Waals surface area (Å²) in [6.07, 6.45) is 2.35. The summed E-state index contributed by atoms with van der Waals surface area (Å²) >= 11 is 0. The van der Waals surface area contributed by atoms with Gasteiger partial charge < -0.3 is 14.5 Å². The maximum Gasteiger partial charge on any atom is 0.149 e. The molecule has 0 aromatic rings. The maximum absolute atomic E-state index is 10.4. The van der Waals surface area contributed by atoms with E-state index in [1.807, 2.05) is 13.8 Å². The van der Waals surface area contributed by atoms with Gasteiger partial charge in [0.15, 0.2) is 0 Å². The minimum absolute atomic E-state index is 0.566. The minimum atomic E-state index is -3.12. The van der Waals surface area contributed by atoms with E-state index in [2.05, 4.69) is 13.8 Å². The van der Waals surface area contributed by atoms with E-state index in [9.17, 15) is 9.79 Å². The van der Waals surface area contributed by atoms with Crippen molar-refractivity contribution in [3.8, 4) is 0 Å². The highest BCUT2D eigenvalue weighted by Gasteiger charge is 2.36. The fourth-order valence-electron chi connectivity index (χ4n) is 1.71. The third-order valence-corrected chi connectivity index (χ3v) is 6.30. The first-order chi connectivity index (χ1) is 7.69. The van der Waals surface area contributed by atoms with Gasteiger partial charge in [-0.3, -0.25) is 0 Å². The molecule has 104 valence electrons. The van der Waals surface area contributed by atoms with Crippen molar-refractivity contribution in [3.63, 3.8) is 0 Å². The maximum atomic E-state index is 10.4. The van der Waals surface area contributed by atoms with E-state index < -0.39 is 12.7 Å². The molecule has 0 rings (SSSR count). The Labute approximate surface area is 106 Å². The van der Waals surface area contributed by atoms with Crippen molar-refractivity contribution in [1.29, 1.82) is 0 Å². The Hall–Kier alpha value is 0.180. The molecule has 0 saturated heterocycles. The van der Waals surface area contributed by atoms with E-state index in [-0.39, 0.29) is 0 Å². The van der Waals surface area contributed by atoms with Gasteiger partial charge in [-0.2, -0.15) is 0 Å². The molecule has 0 spiro atoms. The molecule has 2 N–H and O–H groups in total. The average Bonchev–Trinajstić information content (AvgIpc) is 2.17. The van der Waals surface area contributed by atoms with E-state index in [1.165, 1.54) is 0 Å². The molecule has 0 atom stereocenters. The molecule has 0 aliphatic heterocycles. The van der Waals surface area contributed by atoms with Crippen molar-refractivity contribution in [3.05, 3.63) is 0 Å². The van der Waals surface area contributed by atoms with Crippen molar-refractivity contribution in [1.82, 2.24) is 0 Å². The molecule has 0 fully saturated rings. The molecule has 0 heterocycles. The fraction of sp³-hybridized carbons (Fsp3) is 0.923. The summed E-state index contributed by atoms with van der Waals surface area (Å²) in [5.41, 5.74) is 0. The molecule has 3 nitrogen and oxygen atoms in total. The summed E-state index contributed by atoms with van der Waals surface area (Å²) in [7, 11) is -3.12. The summed E-state index contributed by atoms with van der Waals surface area (Å²) < 4.78 is 5.72. The molecular formula is C13H29O3P. The highest BCUT2D eigenvalue weighted by Crippen LogP contribution is 2.54. The first-order valence-electron chi connectivity index (χ1n) is 6.52. The number of hydrogen-bond donors (Lipinski definition) is 2. The second-order valence-corrected chi connectivity index (χ2v) is 8.26. The summed E-state index contributed by atoms with van der Waals surface area (Å²) in [6, 6.07) is 0. The monoisotopic (exact) mass is 264 g/mol. The van der Waals surface area contributed by atoms with Crippen LogP contribution in [0.1, 0.15) is 60.8 Å². The third-order valence-electron chi connectivity index (χ3n) is 3.16. The predicted octanol–water partition coefficient (Wildman–Crippen LogP) is 3.61. The van der Waals surface area contributed by atoms with Gasteiger partial charge in [0.1, 0.15) is 12.7 Å². The topological polar surface area (TPSA) is 49.7 Å². The van der Waals surface area contributed by atoms with E-state index in [0.717, 1.165) is 11.7 Å². The molecule has 0 aromatic heterocycles. The van der Waals surface area contributed by atoms with Crippen LogP contribution < -0.4 is 0 Å². The minimum Gasteiger partial charge on any atom is -0.366 e. The molecule has 4 heteroatoms. The molecule has 0 bridgehead atoms. The Balaban J connectivity index is 4.84. The first kappa shape index (κ1) is 17.2. The van der Waals surface area contributed by atoms with Gasteiger partial charge in [-0.05, 0) is 44.3 Å². The van der Waals surface area contributed by atoms with E-state index >= 15 is 0 Å². The van der Waals surface area contributed by atoms with Crippen LogP contribution in [0.2, 0.25) is 0 Å². The smallest absolute Gasteiger partial charge is 0.149 e. The van der Waals surface area contributed by atoms with Gasteiger partial charge in [0.2, 0.25) is 0 Å². The first-order valence-corrected chi connectivity index (χ1v) is 8.22. The van der Waals surface area contributed by atoms with Crippen LogP contribution in [0, 0.1) is 5.92 Å². The Morgan fingerprint density at radius 2 is 1.65 bits per heavy atom. The Morgan fingerprint density at radius 3 is 2.00 bits per heavy atom. The highest BCUT2D eigenvalue weighted by molar-refractivity contribution is 7.66. The number of ether oxygens (including phenoxy) is 1. The average molecular weight is 264 g/mol. The summed E-state index contributed by atoms with van der Waals surface area (Å²) in [5.74, 6) is 0.566. The molecule has 0 saturated carbocycles. The highest BCUT2D eigenvalue weighted by atomic mass is 31.2. The lowest BCUT2D eigenvalue weighted by molar-refractivity contribution is 0.0271. The van der Waals surface area contributed by atoms with Gasteiger partial charge in [-0.1, -0.05) is 27.7 Å². The van der Waals surface area contributed by atoms with E-state index in [4.69, 9.17) is 4.74 Å². The molecular weight excluding hydrogens is 235 g/mol. The zero-order chi connectivity index (χ0) is 13.7. The SMILES string of the molecule is CCC(CC)=P(O)(O)C(C)(C)OCCC(C)C. The van der Waals surface area contributed by atoms with Crippen LogP contribution in [0.3, 0.4) is 0 Å². The normalized spacial score (nSPS) is 13.2. The van der Waals surface area contributed by atoms with E-state index in [0.29, 0.717) is 25.4 Å². The van der Waals surface area contributed by atoms with Gasteiger partial charge in [0.05, 0.1) is 0 Å². The van der Waals surface area contributed by atoms with Crippen LogP contribution in [0.15, 0.2) is 0 Å². The second-order valence-electron chi connectivity index (χ2n) is 5.35. The number of hydrogen-bond acceptors (Lipinski definition) is 3. The number of rotatable bonds is 7. The van der Waals surface area contributed by atoms with Gasteiger partial charge in [-0.25, -0.2) is 0 Å². The lowest BCUT2D eigenvalue weighted by Gasteiger charge is -2.35. The van der Waals surface area contributed by atoms with Gasteiger partial charge in [0, 0.05) is 6.61 Å². The van der Waals surface area contributed by atoms with Crippen LogP contribution >= 0.6 is 7.34 Å². The van der Waals surface area contributed by atoms with Crippen LogP contribution in [0.5, 0.6) is 0 Å². The zero-order valence-electron chi connectivity index (χ0n) is 12.2. The van der Waals surface area contributed by atoms with Crippen molar-refractivity contribution < 1.29 is 14.5 Å². The molecule has 0 aliphatic carbocycles. The van der Waals surface area contributed by atoms with Gasteiger partial charge in [-0.15, -0.1) is 0 Å². The largest absolute Gasteiger partial charge is 0.366 e. The molecule has 17 heavy (non-hydrogen) atoms. The Bertz CT molecular complexity index is 270. The molecule has 0 unspecified atom stereocenters. The summed E-state index contributed by atoms with van der Waals surface area (Å²) in [5, 5.41) is -0.0319. The van der Waals surface area contributed by atoms with Crippen LogP contribution in [0.25, 0.3) is 0 Å². The van der Waals surface area contributed by atoms with E-state index in [1.54, 1.807) is 13.8 Å².